The molecule has 0 aliphatic rings. The summed E-state index contributed by atoms with van der Waals surface area (Å²) < 4.78 is 15.1. The molecule has 0 saturated carbocycles. The fourth-order valence-corrected chi connectivity index (χ4v) is 8.56. The second-order valence-electron chi connectivity index (χ2n) is 14.3. The molecule has 0 aliphatic heterocycles. The zero-order valence-electron chi connectivity index (χ0n) is 30.4. The number of para-hydroxylation sites is 4. The largest absolute Gasteiger partial charge is 0.456 e. The van der Waals surface area contributed by atoms with E-state index in [4.69, 9.17) is 23.8 Å². The van der Waals surface area contributed by atoms with E-state index in [0.717, 1.165) is 88.4 Å². The summed E-state index contributed by atoms with van der Waals surface area (Å²) in [4.78, 5) is 16.1. The molecule has 0 fully saturated rings. The van der Waals surface area contributed by atoms with Gasteiger partial charge in [-0.05, 0) is 59.7 Å². The molecule has 4 aromatic heterocycles. The standard InChI is InChI=1S/C51H30N4O2/c1-2-14-31(15-3-1)32-28-29-35(42(30-32)55-40-22-8-4-16-33(40)34-17-5-9-23-41(34)55)49-52-50(38-20-12-26-45-47(38)36-18-6-10-24-43(36)56-45)54-51(53-49)39-21-13-27-46-48(39)37-19-7-11-25-44(37)57-46/h1-30H. The van der Waals surface area contributed by atoms with Gasteiger partial charge in [-0.2, -0.15) is 0 Å². The second kappa shape index (κ2) is 12.3. The van der Waals surface area contributed by atoms with Crippen molar-refractivity contribution in [2.45, 2.75) is 0 Å². The Morgan fingerprint density at radius 2 is 0.789 bits per heavy atom. The fraction of sp³-hybridized carbons (Fsp3) is 0. The maximum Gasteiger partial charge on any atom is 0.166 e. The molecular weight excluding hydrogens is 701 g/mol. The Hall–Kier alpha value is -7.83. The summed E-state index contributed by atoms with van der Waals surface area (Å²) in [5.41, 5.74) is 11.2. The lowest BCUT2D eigenvalue weighted by Crippen LogP contribution is -2.04. The molecular formula is C51H30N4O2. The lowest BCUT2D eigenvalue weighted by Gasteiger charge is -2.16. The van der Waals surface area contributed by atoms with Crippen molar-refractivity contribution in [2.75, 3.05) is 0 Å². The molecule has 0 aliphatic carbocycles. The highest BCUT2D eigenvalue weighted by Crippen LogP contribution is 2.42. The lowest BCUT2D eigenvalue weighted by atomic mass is 10.0. The summed E-state index contributed by atoms with van der Waals surface area (Å²) in [6.45, 7) is 0. The molecule has 57 heavy (non-hydrogen) atoms. The first-order valence-electron chi connectivity index (χ1n) is 19.0. The first kappa shape index (κ1) is 31.5. The molecule has 0 bridgehead atoms. The number of benzene rings is 8. The second-order valence-corrected chi connectivity index (χ2v) is 14.3. The van der Waals surface area contributed by atoms with Crippen molar-refractivity contribution in [1.82, 2.24) is 19.5 Å². The number of hydrogen-bond donors (Lipinski definition) is 0. The van der Waals surface area contributed by atoms with E-state index in [1.54, 1.807) is 0 Å². The van der Waals surface area contributed by atoms with E-state index in [1.807, 2.05) is 66.7 Å². The summed E-state index contributed by atoms with van der Waals surface area (Å²) in [6.07, 6.45) is 0. The highest BCUT2D eigenvalue weighted by atomic mass is 16.3. The van der Waals surface area contributed by atoms with Crippen LogP contribution in [0.2, 0.25) is 0 Å². The van der Waals surface area contributed by atoms with Gasteiger partial charge in [0.15, 0.2) is 17.5 Å². The zero-order valence-corrected chi connectivity index (χ0v) is 30.4. The van der Waals surface area contributed by atoms with Crippen LogP contribution in [0.3, 0.4) is 0 Å². The van der Waals surface area contributed by atoms with Gasteiger partial charge in [0.1, 0.15) is 22.3 Å². The summed E-state index contributed by atoms with van der Waals surface area (Å²) in [6, 6.07) is 62.7. The molecule has 12 rings (SSSR count). The van der Waals surface area contributed by atoms with E-state index in [9.17, 15) is 0 Å². The summed E-state index contributed by atoms with van der Waals surface area (Å²) in [5, 5.41) is 6.30. The van der Waals surface area contributed by atoms with Crippen molar-refractivity contribution in [3.63, 3.8) is 0 Å². The van der Waals surface area contributed by atoms with Crippen LogP contribution in [-0.4, -0.2) is 19.5 Å². The quantitative estimate of drug-likeness (QED) is 0.176. The molecule has 0 radical (unpaired) electrons. The lowest BCUT2D eigenvalue weighted by molar-refractivity contribution is 0.668. The van der Waals surface area contributed by atoms with Crippen molar-refractivity contribution < 1.29 is 8.83 Å². The molecule has 4 heterocycles. The molecule has 12 aromatic rings. The van der Waals surface area contributed by atoms with Gasteiger partial charge < -0.3 is 13.4 Å². The highest BCUT2D eigenvalue weighted by Gasteiger charge is 2.23. The third-order valence-corrected chi connectivity index (χ3v) is 11.1. The fourth-order valence-electron chi connectivity index (χ4n) is 8.56. The van der Waals surface area contributed by atoms with Crippen molar-refractivity contribution in [2.24, 2.45) is 0 Å². The van der Waals surface area contributed by atoms with Gasteiger partial charge in [-0.15, -0.1) is 0 Å². The van der Waals surface area contributed by atoms with E-state index in [-0.39, 0.29) is 0 Å². The number of furan rings is 2. The highest BCUT2D eigenvalue weighted by molar-refractivity contribution is 6.14. The molecule has 8 aromatic carbocycles. The average molecular weight is 731 g/mol. The Labute approximate surface area is 325 Å². The van der Waals surface area contributed by atoms with E-state index in [1.165, 1.54) is 10.8 Å². The molecule has 0 unspecified atom stereocenters. The van der Waals surface area contributed by atoms with E-state index < -0.39 is 0 Å². The molecule has 0 atom stereocenters. The summed E-state index contributed by atoms with van der Waals surface area (Å²) in [7, 11) is 0. The first-order valence-corrected chi connectivity index (χ1v) is 19.0. The molecule has 0 N–H and O–H groups in total. The number of hydrogen-bond acceptors (Lipinski definition) is 5. The molecule has 6 heteroatoms. The van der Waals surface area contributed by atoms with Gasteiger partial charge in [0.2, 0.25) is 0 Å². The first-order chi connectivity index (χ1) is 28.3. The smallest absolute Gasteiger partial charge is 0.166 e. The van der Waals surface area contributed by atoms with Gasteiger partial charge in [-0.1, -0.05) is 133 Å². The van der Waals surface area contributed by atoms with Gasteiger partial charge in [0.05, 0.1) is 16.7 Å². The van der Waals surface area contributed by atoms with Crippen molar-refractivity contribution >= 4 is 65.7 Å². The van der Waals surface area contributed by atoms with E-state index >= 15 is 0 Å². The predicted molar refractivity (Wildman–Crippen MR) is 230 cm³/mol. The summed E-state index contributed by atoms with van der Waals surface area (Å²) >= 11 is 0. The van der Waals surface area contributed by atoms with Gasteiger partial charge in [-0.3, -0.25) is 0 Å². The monoisotopic (exact) mass is 730 g/mol. The Balaban J connectivity index is 1.20. The van der Waals surface area contributed by atoms with Crippen LogP contribution >= 0.6 is 0 Å². The Kier molecular flexibility index (Phi) is 6.83. The van der Waals surface area contributed by atoms with Gasteiger partial charge in [0.25, 0.3) is 0 Å². The van der Waals surface area contributed by atoms with Crippen LogP contribution in [0.5, 0.6) is 0 Å². The minimum absolute atomic E-state index is 0.553. The molecule has 6 nitrogen and oxygen atoms in total. The summed E-state index contributed by atoms with van der Waals surface area (Å²) in [5.74, 6) is 1.66. The number of aromatic nitrogens is 4. The van der Waals surface area contributed by atoms with Crippen molar-refractivity contribution in [1.29, 1.82) is 0 Å². The molecule has 0 amide bonds. The number of rotatable bonds is 5. The Bertz CT molecular complexity index is 3350. The normalized spacial score (nSPS) is 11.9. The third kappa shape index (κ3) is 4.87. The van der Waals surface area contributed by atoms with E-state index in [0.29, 0.717) is 17.5 Å². The van der Waals surface area contributed by atoms with Crippen LogP contribution in [0.4, 0.5) is 0 Å². The van der Waals surface area contributed by atoms with Crippen molar-refractivity contribution in [3.05, 3.63) is 182 Å². The number of fused-ring (bicyclic) bond motifs is 9. The predicted octanol–water partition coefficient (Wildman–Crippen LogP) is 13.4. The zero-order chi connectivity index (χ0) is 37.5. The van der Waals surface area contributed by atoms with Crippen LogP contribution < -0.4 is 0 Å². The number of nitrogens with zero attached hydrogens (tertiary/aromatic N) is 4. The van der Waals surface area contributed by atoms with Crippen LogP contribution in [0.1, 0.15) is 0 Å². The van der Waals surface area contributed by atoms with Crippen LogP contribution in [0, 0.1) is 0 Å². The Morgan fingerprint density at radius 3 is 1.35 bits per heavy atom. The van der Waals surface area contributed by atoms with Gasteiger partial charge in [0, 0.05) is 49.0 Å². The maximum absolute atomic E-state index is 6.36. The minimum atomic E-state index is 0.553. The van der Waals surface area contributed by atoms with Crippen LogP contribution in [0.15, 0.2) is 191 Å². The van der Waals surface area contributed by atoms with Gasteiger partial charge in [-0.25, -0.2) is 15.0 Å². The van der Waals surface area contributed by atoms with E-state index in [2.05, 4.69) is 120 Å². The molecule has 0 saturated heterocycles. The minimum Gasteiger partial charge on any atom is -0.456 e. The topological polar surface area (TPSA) is 69.9 Å². The third-order valence-electron chi connectivity index (χ3n) is 11.1. The Morgan fingerprint density at radius 1 is 0.333 bits per heavy atom. The van der Waals surface area contributed by atoms with Crippen LogP contribution in [0.25, 0.3) is 117 Å². The van der Waals surface area contributed by atoms with Crippen molar-refractivity contribution in [3.8, 4) is 51.0 Å². The maximum atomic E-state index is 6.36. The SMILES string of the molecule is c1ccc(-c2ccc(-c3nc(-c4cccc5oc6ccccc6c45)nc(-c4cccc5oc6ccccc6c45)n3)c(-n3c4ccccc4c4ccccc43)c2)cc1. The van der Waals surface area contributed by atoms with Crippen LogP contribution in [-0.2, 0) is 0 Å². The van der Waals surface area contributed by atoms with Gasteiger partial charge >= 0.3 is 0 Å². The molecule has 0 spiro atoms. The average Bonchev–Trinajstić information content (AvgIpc) is 3.96. The molecule has 266 valence electrons.